The van der Waals surface area contributed by atoms with Crippen LogP contribution in [-0.2, 0) is 21.3 Å². The maximum Gasteiger partial charge on any atom is 0.338 e. The van der Waals surface area contributed by atoms with E-state index in [0.717, 1.165) is 19.2 Å². The molecule has 0 saturated carbocycles. The van der Waals surface area contributed by atoms with Crippen LogP contribution in [0.15, 0.2) is 47.4 Å². The van der Waals surface area contributed by atoms with Gasteiger partial charge in [0.15, 0.2) is 0 Å². The van der Waals surface area contributed by atoms with Gasteiger partial charge in [-0.2, -0.15) is 0 Å². The molecule has 10 nitrogen and oxygen atoms in total. The summed E-state index contributed by atoms with van der Waals surface area (Å²) in [7, 11) is -2.70. The van der Waals surface area contributed by atoms with Crippen LogP contribution in [0.5, 0.6) is 0 Å². The van der Waals surface area contributed by atoms with Gasteiger partial charge in [0.2, 0.25) is 10.0 Å². The molecule has 27 heavy (non-hydrogen) atoms. The Bertz CT molecular complexity index is 1000. The highest BCUT2D eigenvalue weighted by Crippen LogP contribution is 2.18. The summed E-state index contributed by atoms with van der Waals surface area (Å²) in [5.41, 5.74) is -0.0740. The number of amides is 1. The first-order chi connectivity index (χ1) is 12.6. The van der Waals surface area contributed by atoms with E-state index in [1.165, 1.54) is 30.3 Å². The number of nitrogens with one attached hydrogen (secondary N) is 1. The minimum absolute atomic E-state index is 0.0278. The van der Waals surface area contributed by atoms with Gasteiger partial charge in [-0.25, -0.2) is 18.4 Å². The lowest BCUT2D eigenvalue weighted by Gasteiger charge is -2.08. The summed E-state index contributed by atoms with van der Waals surface area (Å²) >= 11 is 0. The molecule has 1 amide bonds. The minimum atomic E-state index is -3.82. The average molecular weight is 393 g/mol. The molecule has 0 aromatic heterocycles. The summed E-state index contributed by atoms with van der Waals surface area (Å²) in [5, 5.41) is 18.5. The lowest BCUT2D eigenvalue weighted by molar-refractivity contribution is -0.384. The van der Waals surface area contributed by atoms with Crippen LogP contribution >= 0.6 is 0 Å². The Labute approximate surface area is 154 Å². The Kier molecular flexibility index (Phi) is 5.88. The molecule has 0 heterocycles. The Morgan fingerprint density at radius 3 is 2.26 bits per heavy atom. The molecule has 0 radical (unpaired) electrons. The van der Waals surface area contributed by atoms with Crippen molar-refractivity contribution in [2.45, 2.75) is 11.4 Å². The van der Waals surface area contributed by atoms with Crippen molar-refractivity contribution in [2.24, 2.45) is 5.14 Å². The SMILES string of the molecule is COC(=O)c1cc(C(=O)NCc2ccc(S(N)(=O)=O)cc2)cc([N+](=O)[O-])c1. The summed E-state index contributed by atoms with van der Waals surface area (Å²) in [6, 6.07) is 8.73. The van der Waals surface area contributed by atoms with Gasteiger partial charge in [-0.1, -0.05) is 12.1 Å². The summed E-state index contributed by atoms with van der Waals surface area (Å²) in [6.45, 7) is 0.0278. The second-order valence-electron chi connectivity index (χ2n) is 5.39. The maximum absolute atomic E-state index is 12.3. The van der Waals surface area contributed by atoms with E-state index < -0.39 is 32.5 Å². The number of hydrogen-bond donors (Lipinski definition) is 2. The van der Waals surface area contributed by atoms with Crippen LogP contribution in [0.1, 0.15) is 26.3 Å². The number of methoxy groups -OCH3 is 1. The molecule has 11 heteroatoms. The van der Waals surface area contributed by atoms with E-state index in [0.29, 0.717) is 5.56 Å². The number of nitro groups is 1. The van der Waals surface area contributed by atoms with Gasteiger partial charge in [-0.15, -0.1) is 0 Å². The number of benzene rings is 2. The lowest BCUT2D eigenvalue weighted by atomic mass is 10.1. The van der Waals surface area contributed by atoms with Crippen LogP contribution in [-0.4, -0.2) is 32.3 Å². The van der Waals surface area contributed by atoms with Gasteiger partial charge in [0.25, 0.3) is 11.6 Å². The zero-order chi connectivity index (χ0) is 20.2. The first kappa shape index (κ1) is 20.0. The summed E-state index contributed by atoms with van der Waals surface area (Å²) in [6.07, 6.45) is 0. The van der Waals surface area contributed by atoms with Crippen molar-refractivity contribution in [3.63, 3.8) is 0 Å². The molecule has 0 aliphatic rings. The summed E-state index contributed by atoms with van der Waals surface area (Å²) in [5.74, 6) is -1.47. The zero-order valence-electron chi connectivity index (χ0n) is 14.0. The molecule has 0 aliphatic heterocycles. The molecule has 142 valence electrons. The number of carbonyl (C=O) groups excluding carboxylic acids is 2. The molecule has 0 aliphatic carbocycles. The fraction of sp³-hybridized carbons (Fsp3) is 0.125. The molecule has 0 spiro atoms. The number of sulfonamides is 1. The standard InChI is InChI=1S/C16H15N3O7S/c1-26-16(21)12-6-11(7-13(8-12)19(22)23)15(20)18-9-10-2-4-14(5-3-10)27(17,24)25/h2-8H,9H2,1H3,(H,18,20)(H2,17,24,25). The molecule has 3 N–H and O–H groups in total. The van der Waals surface area contributed by atoms with Gasteiger partial charge >= 0.3 is 5.97 Å². The highest BCUT2D eigenvalue weighted by Gasteiger charge is 2.18. The minimum Gasteiger partial charge on any atom is -0.465 e. The smallest absolute Gasteiger partial charge is 0.338 e. The first-order valence-corrected chi connectivity index (χ1v) is 8.94. The number of nitro benzene ring substituents is 1. The number of carbonyl (C=O) groups is 2. The molecule has 0 unspecified atom stereocenters. The normalized spacial score (nSPS) is 10.9. The van der Waals surface area contributed by atoms with Crippen molar-refractivity contribution >= 4 is 27.6 Å². The van der Waals surface area contributed by atoms with Gasteiger partial charge in [0.1, 0.15) is 0 Å². The van der Waals surface area contributed by atoms with Crippen LogP contribution in [0, 0.1) is 10.1 Å². The number of rotatable bonds is 6. The first-order valence-electron chi connectivity index (χ1n) is 7.39. The van der Waals surface area contributed by atoms with Crippen LogP contribution in [0.2, 0.25) is 0 Å². The van der Waals surface area contributed by atoms with E-state index in [1.54, 1.807) is 0 Å². The topological polar surface area (TPSA) is 159 Å². The lowest BCUT2D eigenvalue weighted by Crippen LogP contribution is -2.23. The highest BCUT2D eigenvalue weighted by atomic mass is 32.2. The molecular weight excluding hydrogens is 378 g/mol. The van der Waals surface area contributed by atoms with E-state index in [-0.39, 0.29) is 22.6 Å². The largest absolute Gasteiger partial charge is 0.465 e. The molecular formula is C16H15N3O7S. The maximum atomic E-state index is 12.3. The van der Waals surface area contributed by atoms with E-state index in [1.807, 2.05) is 0 Å². The average Bonchev–Trinajstić information content (AvgIpc) is 2.64. The third-order valence-electron chi connectivity index (χ3n) is 3.52. The third-order valence-corrected chi connectivity index (χ3v) is 4.45. The molecule has 0 saturated heterocycles. The quantitative estimate of drug-likeness (QED) is 0.420. The third kappa shape index (κ3) is 5.09. The summed E-state index contributed by atoms with van der Waals surface area (Å²) < 4.78 is 26.9. The molecule has 0 bridgehead atoms. The number of hydrogen-bond acceptors (Lipinski definition) is 7. The van der Waals surface area contributed by atoms with Gasteiger partial charge in [0, 0.05) is 24.2 Å². The summed E-state index contributed by atoms with van der Waals surface area (Å²) in [4.78, 5) is 34.1. The number of non-ortho nitro benzene ring substituents is 1. The van der Waals surface area contributed by atoms with Crippen molar-refractivity contribution in [3.05, 3.63) is 69.3 Å². The Hall–Kier alpha value is -3.31. The van der Waals surface area contributed by atoms with E-state index in [4.69, 9.17) is 5.14 Å². The van der Waals surface area contributed by atoms with Crippen LogP contribution in [0.25, 0.3) is 0 Å². The zero-order valence-corrected chi connectivity index (χ0v) is 14.9. The Morgan fingerprint density at radius 1 is 1.15 bits per heavy atom. The van der Waals surface area contributed by atoms with E-state index in [2.05, 4.69) is 10.1 Å². The van der Waals surface area contributed by atoms with Crippen molar-refractivity contribution in [1.29, 1.82) is 0 Å². The molecule has 0 fully saturated rings. The number of primary sulfonamides is 1. The second kappa shape index (κ2) is 7.93. The fourth-order valence-corrected chi connectivity index (χ4v) is 2.68. The van der Waals surface area contributed by atoms with Crippen molar-refractivity contribution in [2.75, 3.05) is 7.11 Å². The van der Waals surface area contributed by atoms with E-state index >= 15 is 0 Å². The van der Waals surface area contributed by atoms with Crippen molar-refractivity contribution in [3.8, 4) is 0 Å². The second-order valence-corrected chi connectivity index (χ2v) is 6.95. The Balaban J connectivity index is 2.19. The number of ether oxygens (including phenoxy) is 1. The monoisotopic (exact) mass is 393 g/mol. The molecule has 0 atom stereocenters. The van der Waals surface area contributed by atoms with Crippen molar-refractivity contribution < 1.29 is 27.7 Å². The van der Waals surface area contributed by atoms with Crippen molar-refractivity contribution in [1.82, 2.24) is 5.32 Å². The number of nitrogens with two attached hydrogens (primary N) is 1. The van der Waals surface area contributed by atoms with Gasteiger partial charge < -0.3 is 10.1 Å². The molecule has 2 aromatic rings. The predicted molar refractivity (Wildman–Crippen MR) is 93.4 cm³/mol. The van der Waals surface area contributed by atoms with Gasteiger partial charge in [-0.05, 0) is 23.8 Å². The van der Waals surface area contributed by atoms with Gasteiger partial charge in [0.05, 0.1) is 22.5 Å². The number of esters is 1. The molecule has 2 aromatic carbocycles. The molecule has 2 rings (SSSR count). The van der Waals surface area contributed by atoms with Crippen LogP contribution < -0.4 is 10.5 Å². The van der Waals surface area contributed by atoms with Crippen LogP contribution in [0.3, 0.4) is 0 Å². The predicted octanol–water partition coefficient (Wildman–Crippen LogP) is 0.959. The highest BCUT2D eigenvalue weighted by molar-refractivity contribution is 7.89. The number of nitrogens with zero attached hydrogens (tertiary/aromatic N) is 1. The van der Waals surface area contributed by atoms with Crippen LogP contribution in [0.4, 0.5) is 5.69 Å². The fourth-order valence-electron chi connectivity index (χ4n) is 2.16. The van der Waals surface area contributed by atoms with Gasteiger partial charge in [-0.3, -0.25) is 14.9 Å². The Morgan fingerprint density at radius 2 is 1.74 bits per heavy atom. The van der Waals surface area contributed by atoms with E-state index in [9.17, 15) is 28.1 Å².